The fraction of sp³-hybridized carbons (Fsp3) is 0.200. The summed E-state index contributed by atoms with van der Waals surface area (Å²) < 4.78 is 5.79. The van der Waals surface area contributed by atoms with E-state index in [1.165, 1.54) is 0 Å². The molecule has 0 radical (unpaired) electrons. The summed E-state index contributed by atoms with van der Waals surface area (Å²) in [7, 11) is 0. The highest BCUT2D eigenvalue weighted by Crippen LogP contribution is 2.29. The molecule has 2 rings (SSSR count). The molecule has 0 bridgehead atoms. The van der Waals surface area contributed by atoms with Crippen LogP contribution in [0.25, 0.3) is 0 Å². The van der Waals surface area contributed by atoms with E-state index in [2.05, 4.69) is 4.98 Å². The Morgan fingerprint density at radius 2 is 1.70 bits per heavy atom. The molecule has 0 aliphatic heterocycles. The van der Waals surface area contributed by atoms with Gasteiger partial charge in [-0.05, 0) is 49.6 Å². The number of rotatable bonds is 3. The lowest BCUT2D eigenvalue weighted by Gasteiger charge is -2.13. The van der Waals surface area contributed by atoms with Crippen LogP contribution in [-0.4, -0.2) is 10.9 Å². The van der Waals surface area contributed by atoms with Crippen molar-refractivity contribution < 1.29 is 9.53 Å². The van der Waals surface area contributed by atoms with Crippen LogP contribution >= 0.6 is 0 Å². The number of primary amides is 1. The summed E-state index contributed by atoms with van der Waals surface area (Å²) in [5.74, 6) is 0.686. The number of carbonyl (C=O) groups is 1. The van der Waals surface area contributed by atoms with E-state index in [9.17, 15) is 4.79 Å². The van der Waals surface area contributed by atoms with E-state index in [4.69, 9.17) is 16.2 Å². The maximum absolute atomic E-state index is 11.2. The van der Waals surface area contributed by atoms with Gasteiger partial charge in [-0.2, -0.15) is 0 Å². The van der Waals surface area contributed by atoms with Crippen molar-refractivity contribution in [2.24, 2.45) is 5.73 Å². The van der Waals surface area contributed by atoms with Gasteiger partial charge in [0, 0.05) is 11.6 Å². The molecule has 0 aliphatic rings. The van der Waals surface area contributed by atoms with Crippen LogP contribution in [-0.2, 0) is 0 Å². The van der Waals surface area contributed by atoms with Crippen molar-refractivity contribution in [1.82, 2.24) is 4.98 Å². The van der Waals surface area contributed by atoms with Gasteiger partial charge >= 0.3 is 0 Å². The molecular weight excluding hydrogens is 254 g/mol. The first-order valence-electron chi connectivity index (χ1n) is 6.19. The Morgan fingerprint density at radius 1 is 1.10 bits per heavy atom. The molecule has 1 aromatic carbocycles. The maximum Gasteiger partial charge on any atom is 0.248 e. The number of nitrogen functional groups attached to an aromatic ring is 1. The Balaban J connectivity index is 2.38. The van der Waals surface area contributed by atoms with Gasteiger partial charge in [0.1, 0.15) is 5.75 Å². The molecular formula is C15H17N3O2. The van der Waals surface area contributed by atoms with Gasteiger partial charge in [0.2, 0.25) is 11.8 Å². The lowest BCUT2D eigenvalue weighted by molar-refractivity contribution is 0.1000. The van der Waals surface area contributed by atoms with Gasteiger partial charge in [0.05, 0.1) is 11.9 Å². The molecule has 1 amide bonds. The molecule has 0 spiro atoms. The number of aromatic nitrogens is 1. The summed E-state index contributed by atoms with van der Waals surface area (Å²) in [5, 5.41) is 0. The molecule has 0 saturated carbocycles. The van der Waals surface area contributed by atoms with Gasteiger partial charge in [-0.1, -0.05) is 0 Å². The number of hydrogen-bond acceptors (Lipinski definition) is 4. The standard InChI is InChI=1S/C15H17N3O2/c1-8-6-13(18-7-12(8)16)20-14-9(2)4-11(15(17)19)5-10(14)3/h4-7H,16H2,1-3H3,(H2,17,19). The van der Waals surface area contributed by atoms with Crippen molar-refractivity contribution in [3.05, 3.63) is 46.6 Å². The summed E-state index contributed by atoms with van der Waals surface area (Å²) >= 11 is 0. The summed E-state index contributed by atoms with van der Waals surface area (Å²) in [5.41, 5.74) is 14.7. The van der Waals surface area contributed by atoms with Crippen LogP contribution in [0, 0.1) is 20.8 Å². The van der Waals surface area contributed by atoms with Gasteiger partial charge in [-0.15, -0.1) is 0 Å². The highest BCUT2D eigenvalue weighted by Gasteiger charge is 2.11. The molecule has 4 N–H and O–H groups in total. The Labute approximate surface area is 117 Å². The average Bonchev–Trinajstić information content (AvgIpc) is 2.37. The number of ether oxygens (including phenoxy) is 1. The number of anilines is 1. The number of benzene rings is 1. The predicted octanol–water partition coefficient (Wildman–Crippen LogP) is 2.48. The summed E-state index contributed by atoms with van der Waals surface area (Å²) in [6.07, 6.45) is 1.56. The Bertz CT molecular complexity index is 658. The second-order valence-corrected chi connectivity index (χ2v) is 4.78. The molecule has 0 aliphatic carbocycles. The normalized spacial score (nSPS) is 10.3. The largest absolute Gasteiger partial charge is 0.438 e. The van der Waals surface area contributed by atoms with Gasteiger partial charge in [-0.25, -0.2) is 4.98 Å². The number of nitrogens with two attached hydrogens (primary N) is 2. The van der Waals surface area contributed by atoms with Crippen LogP contribution in [0.2, 0.25) is 0 Å². The van der Waals surface area contributed by atoms with E-state index in [0.29, 0.717) is 22.9 Å². The number of carbonyl (C=O) groups excluding carboxylic acids is 1. The van der Waals surface area contributed by atoms with Crippen LogP contribution in [0.15, 0.2) is 24.4 Å². The average molecular weight is 271 g/mol. The van der Waals surface area contributed by atoms with Crippen molar-refractivity contribution in [3.63, 3.8) is 0 Å². The second kappa shape index (κ2) is 5.21. The fourth-order valence-corrected chi connectivity index (χ4v) is 1.95. The van der Waals surface area contributed by atoms with Gasteiger partial charge < -0.3 is 16.2 Å². The summed E-state index contributed by atoms with van der Waals surface area (Å²) in [4.78, 5) is 15.3. The fourth-order valence-electron chi connectivity index (χ4n) is 1.95. The second-order valence-electron chi connectivity index (χ2n) is 4.78. The third-order valence-electron chi connectivity index (χ3n) is 3.08. The number of amides is 1. The summed E-state index contributed by atoms with van der Waals surface area (Å²) in [6.45, 7) is 5.61. The minimum atomic E-state index is -0.454. The lowest BCUT2D eigenvalue weighted by Crippen LogP contribution is -2.11. The number of aryl methyl sites for hydroxylation is 3. The number of hydrogen-bond donors (Lipinski definition) is 2. The quantitative estimate of drug-likeness (QED) is 0.897. The van der Waals surface area contributed by atoms with Crippen LogP contribution in [0.5, 0.6) is 11.6 Å². The zero-order valence-corrected chi connectivity index (χ0v) is 11.7. The van der Waals surface area contributed by atoms with E-state index in [0.717, 1.165) is 16.7 Å². The monoisotopic (exact) mass is 271 g/mol. The third kappa shape index (κ3) is 2.71. The van der Waals surface area contributed by atoms with Crippen LogP contribution < -0.4 is 16.2 Å². The maximum atomic E-state index is 11.2. The predicted molar refractivity (Wildman–Crippen MR) is 77.9 cm³/mol. The van der Waals surface area contributed by atoms with E-state index in [1.807, 2.05) is 20.8 Å². The van der Waals surface area contributed by atoms with Crippen molar-refractivity contribution in [2.45, 2.75) is 20.8 Å². The molecule has 20 heavy (non-hydrogen) atoms. The first-order chi connectivity index (χ1) is 9.38. The molecule has 1 aromatic heterocycles. The highest BCUT2D eigenvalue weighted by molar-refractivity contribution is 5.93. The molecule has 2 aromatic rings. The van der Waals surface area contributed by atoms with Crippen molar-refractivity contribution in [2.75, 3.05) is 5.73 Å². The number of pyridine rings is 1. The first kappa shape index (κ1) is 13.9. The van der Waals surface area contributed by atoms with Crippen LogP contribution in [0.4, 0.5) is 5.69 Å². The van der Waals surface area contributed by atoms with E-state index in [-0.39, 0.29) is 0 Å². The van der Waals surface area contributed by atoms with Crippen LogP contribution in [0.3, 0.4) is 0 Å². The molecule has 0 fully saturated rings. The SMILES string of the molecule is Cc1cc(Oc2c(C)cc(C(N)=O)cc2C)ncc1N. The Morgan fingerprint density at radius 3 is 2.20 bits per heavy atom. The van der Waals surface area contributed by atoms with Crippen molar-refractivity contribution >= 4 is 11.6 Å². The highest BCUT2D eigenvalue weighted by atomic mass is 16.5. The molecule has 0 saturated heterocycles. The Kier molecular flexibility index (Phi) is 3.61. The van der Waals surface area contributed by atoms with Crippen molar-refractivity contribution in [1.29, 1.82) is 0 Å². The zero-order valence-electron chi connectivity index (χ0n) is 11.7. The van der Waals surface area contributed by atoms with Gasteiger partial charge in [-0.3, -0.25) is 4.79 Å². The van der Waals surface area contributed by atoms with Gasteiger partial charge in [0.25, 0.3) is 0 Å². The van der Waals surface area contributed by atoms with Gasteiger partial charge in [0.15, 0.2) is 0 Å². The number of nitrogens with zero attached hydrogens (tertiary/aromatic N) is 1. The van der Waals surface area contributed by atoms with E-state index < -0.39 is 5.91 Å². The minimum Gasteiger partial charge on any atom is -0.438 e. The van der Waals surface area contributed by atoms with Crippen LogP contribution in [0.1, 0.15) is 27.0 Å². The smallest absolute Gasteiger partial charge is 0.248 e. The van der Waals surface area contributed by atoms with E-state index in [1.54, 1.807) is 24.4 Å². The van der Waals surface area contributed by atoms with Crippen molar-refractivity contribution in [3.8, 4) is 11.6 Å². The minimum absolute atomic E-state index is 0.454. The first-order valence-corrected chi connectivity index (χ1v) is 6.19. The molecule has 1 heterocycles. The Hall–Kier alpha value is -2.56. The summed E-state index contributed by atoms with van der Waals surface area (Å²) in [6, 6.07) is 5.18. The molecule has 104 valence electrons. The lowest BCUT2D eigenvalue weighted by atomic mass is 10.1. The molecule has 0 atom stereocenters. The zero-order chi connectivity index (χ0) is 14.9. The molecule has 5 heteroatoms. The topological polar surface area (TPSA) is 91.2 Å². The van der Waals surface area contributed by atoms with E-state index >= 15 is 0 Å². The molecule has 5 nitrogen and oxygen atoms in total. The third-order valence-corrected chi connectivity index (χ3v) is 3.08. The molecule has 0 unspecified atom stereocenters.